The van der Waals surface area contributed by atoms with Gasteiger partial charge in [0, 0.05) is 5.56 Å². The zero-order valence-corrected chi connectivity index (χ0v) is 10.2. The molecule has 86 valence electrons. The van der Waals surface area contributed by atoms with Gasteiger partial charge in [-0.05, 0) is 37.0 Å². The second kappa shape index (κ2) is 4.96. The third-order valence-corrected chi connectivity index (χ3v) is 3.01. The molecule has 2 aromatic rings. The Balaban J connectivity index is 2.22. The molecule has 0 heterocycles. The number of aldehydes is 1. The predicted octanol–water partition coefficient (Wildman–Crippen LogP) is 3.71. The summed E-state index contributed by atoms with van der Waals surface area (Å²) in [6.45, 7) is 4.25. The Hall–Kier alpha value is -1.89. The zero-order valence-electron chi connectivity index (χ0n) is 10.2. The van der Waals surface area contributed by atoms with Crippen LogP contribution in [-0.2, 0) is 6.42 Å². The second-order valence-electron chi connectivity index (χ2n) is 4.47. The minimum absolute atomic E-state index is 0.731. The molecule has 1 nitrogen and oxygen atoms in total. The van der Waals surface area contributed by atoms with Crippen LogP contribution in [0.1, 0.15) is 32.6 Å². The summed E-state index contributed by atoms with van der Waals surface area (Å²) in [5, 5.41) is 0. The Bertz CT molecular complexity index is 524. The van der Waals surface area contributed by atoms with Crippen LogP contribution in [0.2, 0.25) is 0 Å². The lowest BCUT2D eigenvalue weighted by Crippen LogP contribution is -1.93. The minimum Gasteiger partial charge on any atom is -0.298 e. The molecule has 0 N–H and O–H groups in total. The largest absolute Gasteiger partial charge is 0.298 e. The van der Waals surface area contributed by atoms with Crippen molar-refractivity contribution in [3.05, 3.63) is 70.3 Å². The van der Waals surface area contributed by atoms with E-state index in [0.717, 1.165) is 18.3 Å². The highest BCUT2D eigenvalue weighted by molar-refractivity contribution is 5.74. The van der Waals surface area contributed by atoms with E-state index in [1.807, 2.05) is 24.3 Å². The molecule has 0 bridgehead atoms. The molecule has 0 aliphatic rings. The monoisotopic (exact) mass is 224 g/mol. The van der Waals surface area contributed by atoms with Gasteiger partial charge in [0.05, 0.1) is 0 Å². The van der Waals surface area contributed by atoms with Gasteiger partial charge in [-0.15, -0.1) is 0 Å². The number of aryl methyl sites for hydroxylation is 2. The number of carbonyl (C=O) groups is 1. The zero-order chi connectivity index (χ0) is 12.3. The van der Waals surface area contributed by atoms with Gasteiger partial charge in [0.2, 0.25) is 0 Å². The van der Waals surface area contributed by atoms with Gasteiger partial charge in [-0.1, -0.05) is 48.0 Å². The van der Waals surface area contributed by atoms with Crippen LogP contribution >= 0.6 is 0 Å². The lowest BCUT2D eigenvalue weighted by Gasteiger charge is -2.07. The van der Waals surface area contributed by atoms with Crippen molar-refractivity contribution < 1.29 is 4.79 Å². The fourth-order valence-corrected chi connectivity index (χ4v) is 1.98. The molecule has 0 aliphatic carbocycles. The third kappa shape index (κ3) is 2.82. The van der Waals surface area contributed by atoms with E-state index in [-0.39, 0.29) is 0 Å². The van der Waals surface area contributed by atoms with Crippen molar-refractivity contribution >= 4 is 6.29 Å². The van der Waals surface area contributed by atoms with Crippen molar-refractivity contribution in [1.29, 1.82) is 0 Å². The molecule has 0 atom stereocenters. The molecule has 2 aromatic carbocycles. The SMILES string of the molecule is Cc1ccc(Cc2ccc(C=O)cc2)c(C)c1. The first-order valence-corrected chi connectivity index (χ1v) is 5.79. The van der Waals surface area contributed by atoms with E-state index < -0.39 is 0 Å². The quantitative estimate of drug-likeness (QED) is 0.726. The molecule has 0 spiro atoms. The van der Waals surface area contributed by atoms with Gasteiger partial charge in [0.1, 0.15) is 6.29 Å². The standard InChI is InChI=1S/C16H16O/c1-12-3-8-16(13(2)9-12)10-14-4-6-15(11-17)7-5-14/h3-9,11H,10H2,1-2H3. The molecule has 0 amide bonds. The molecular weight excluding hydrogens is 208 g/mol. The van der Waals surface area contributed by atoms with Gasteiger partial charge in [0.25, 0.3) is 0 Å². The summed E-state index contributed by atoms with van der Waals surface area (Å²) in [6, 6.07) is 14.3. The van der Waals surface area contributed by atoms with Crippen LogP contribution < -0.4 is 0 Å². The lowest BCUT2D eigenvalue weighted by molar-refractivity contribution is 0.112. The van der Waals surface area contributed by atoms with Crippen LogP contribution in [0.25, 0.3) is 0 Å². The van der Waals surface area contributed by atoms with Crippen LogP contribution in [0.5, 0.6) is 0 Å². The maximum absolute atomic E-state index is 10.6. The van der Waals surface area contributed by atoms with Crippen molar-refractivity contribution in [3.8, 4) is 0 Å². The van der Waals surface area contributed by atoms with Crippen LogP contribution in [0.4, 0.5) is 0 Å². The summed E-state index contributed by atoms with van der Waals surface area (Å²) in [5.41, 5.74) is 5.93. The molecule has 1 heteroatoms. The van der Waals surface area contributed by atoms with Crippen molar-refractivity contribution in [2.45, 2.75) is 20.3 Å². The van der Waals surface area contributed by atoms with Crippen molar-refractivity contribution in [2.75, 3.05) is 0 Å². The summed E-state index contributed by atoms with van der Waals surface area (Å²) in [6.07, 6.45) is 1.80. The first kappa shape index (κ1) is 11.6. The normalized spacial score (nSPS) is 10.2. The molecule has 2 rings (SSSR count). The van der Waals surface area contributed by atoms with Gasteiger partial charge in [-0.2, -0.15) is 0 Å². The van der Waals surface area contributed by atoms with E-state index in [4.69, 9.17) is 0 Å². The average Bonchev–Trinajstić information content (AvgIpc) is 2.34. The second-order valence-corrected chi connectivity index (χ2v) is 4.47. The number of benzene rings is 2. The number of rotatable bonds is 3. The predicted molar refractivity (Wildman–Crippen MR) is 70.6 cm³/mol. The summed E-state index contributed by atoms with van der Waals surface area (Å²) in [7, 11) is 0. The molecule has 0 radical (unpaired) electrons. The number of hydrogen-bond donors (Lipinski definition) is 0. The first-order chi connectivity index (χ1) is 8.19. The highest BCUT2D eigenvalue weighted by Crippen LogP contribution is 2.15. The first-order valence-electron chi connectivity index (χ1n) is 5.79. The van der Waals surface area contributed by atoms with E-state index in [9.17, 15) is 4.79 Å². The van der Waals surface area contributed by atoms with Gasteiger partial charge < -0.3 is 0 Å². The number of hydrogen-bond acceptors (Lipinski definition) is 1. The van der Waals surface area contributed by atoms with Crippen LogP contribution in [-0.4, -0.2) is 6.29 Å². The molecule has 0 aliphatic heterocycles. The average molecular weight is 224 g/mol. The summed E-state index contributed by atoms with van der Waals surface area (Å²) in [4.78, 5) is 10.6. The fourth-order valence-electron chi connectivity index (χ4n) is 1.98. The molecule has 0 saturated heterocycles. The van der Waals surface area contributed by atoms with Crippen LogP contribution in [0.3, 0.4) is 0 Å². The Kier molecular flexibility index (Phi) is 3.38. The highest BCUT2D eigenvalue weighted by Gasteiger charge is 2.00. The van der Waals surface area contributed by atoms with Gasteiger partial charge in [-0.25, -0.2) is 0 Å². The van der Waals surface area contributed by atoms with Gasteiger partial charge in [0.15, 0.2) is 0 Å². The molecule has 0 aromatic heterocycles. The minimum atomic E-state index is 0.731. The van der Waals surface area contributed by atoms with Crippen molar-refractivity contribution in [1.82, 2.24) is 0 Å². The molecule has 0 saturated carbocycles. The Labute approximate surface area is 102 Å². The molecular formula is C16H16O. The smallest absolute Gasteiger partial charge is 0.150 e. The summed E-state index contributed by atoms with van der Waals surface area (Å²) >= 11 is 0. The number of carbonyl (C=O) groups excluding carboxylic acids is 1. The van der Waals surface area contributed by atoms with E-state index in [1.54, 1.807) is 0 Å². The molecule has 0 fully saturated rings. The Morgan fingerprint density at radius 1 is 1.00 bits per heavy atom. The highest BCUT2D eigenvalue weighted by atomic mass is 16.1. The van der Waals surface area contributed by atoms with Crippen molar-refractivity contribution in [3.63, 3.8) is 0 Å². The molecule has 0 unspecified atom stereocenters. The van der Waals surface area contributed by atoms with E-state index in [0.29, 0.717) is 0 Å². The van der Waals surface area contributed by atoms with Crippen LogP contribution in [0.15, 0.2) is 42.5 Å². The Morgan fingerprint density at radius 2 is 1.71 bits per heavy atom. The summed E-state index contributed by atoms with van der Waals surface area (Å²) < 4.78 is 0. The van der Waals surface area contributed by atoms with E-state index in [2.05, 4.69) is 32.0 Å². The van der Waals surface area contributed by atoms with Crippen LogP contribution in [0, 0.1) is 13.8 Å². The van der Waals surface area contributed by atoms with E-state index in [1.165, 1.54) is 22.3 Å². The maximum Gasteiger partial charge on any atom is 0.150 e. The molecule has 17 heavy (non-hydrogen) atoms. The Morgan fingerprint density at radius 3 is 2.29 bits per heavy atom. The summed E-state index contributed by atoms with van der Waals surface area (Å²) in [5.74, 6) is 0. The topological polar surface area (TPSA) is 17.1 Å². The maximum atomic E-state index is 10.6. The van der Waals surface area contributed by atoms with E-state index >= 15 is 0 Å². The lowest BCUT2D eigenvalue weighted by atomic mass is 9.98. The van der Waals surface area contributed by atoms with Gasteiger partial charge in [-0.3, -0.25) is 4.79 Å². The third-order valence-electron chi connectivity index (χ3n) is 3.01. The van der Waals surface area contributed by atoms with Crippen molar-refractivity contribution in [2.24, 2.45) is 0 Å². The fraction of sp³-hybridized carbons (Fsp3) is 0.188. The van der Waals surface area contributed by atoms with Gasteiger partial charge >= 0.3 is 0 Å².